The van der Waals surface area contributed by atoms with E-state index in [1.54, 1.807) is 22.1 Å². The Morgan fingerprint density at radius 1 is 1.15 bits per heavy atom. The molecule has 1 saturated heterocycles. The molecule has 0 saturated carbocycles. The van der Waals surface area contributed by atoms with Gasteiger partial charge < -0.3 is 25.4 Å². The summed E-state index contributed by atoms with van der Waals surface area (Å²) in [5.41, 5.74) is 2.59. The van der Waals surface area contributed by atoms with Gasteiger partial charge in [-0.25, -0.2) is 9.78 Å². The summed E-state index contributed by atoms with van der Waals surface area (Å²) in [5.74, 6) is 0.687. The highest BCUT2D eigenvalue weighted by Crippen LogP contribution is 2.46. The minimum absolute atomic E-state index is 0.265. The van der Waals surface area contributed by atoms with Crippen molar-refractivity contribution in [2.24, 2.45) is 0 Å². The number of para-hydroxylation sites is 1. The second-order valence-corrected chi connectivity index (χ2v) is 11.2. The molecule has 2 atom stereocenters. The number of pyridine rings is 1. The van der Waals surface area contributed by atoms with Crippen LogP contribution in [0.1, 0.15) is 35.0 Å². The van der Waals surface area contributed by atoms with Gasteiger partial charge in [0.05, 0.1) is 22.4 Å². The second-order valence-electron chi connectivity index (χ2n) is 10.2. The lowest BCUT2D eigenvalue weighted by atomic mass is 10.0. The standard InChI is InChI=1S/C30H29N5O5S/c1-17-15-21(40-20-8-4-3-5-9-20)10-11-22(17)35-23-12-13-31-28-24(23)25(33-30(35)39)26(41-28)27(37)32-19-7-6-14-34(16-19)29(38)18(2)36/h3-5,8-13,15,18-19,36H,6-7,14,16H2,1-2H3,(H,32,37)(H,33,39)/t18?,19-/m1/s1. The first kappa shape index (κ1) is 26.7. The van der Waals surface area contributed by atoms with Crippen LogP contribution >= 0.6 is 11.3 Å². The van der Waals surface area contributed by atoms with E-state index >= 15 is 0 Å². The number of piperidine rings is 1. The molecule has 10 nitrogen and oxygen atoms in total. The van der Waals surface area contributed by atoms with E-state index in [0.717, 1.165) is 11.3 Å². The molecule has 6 rings (SSSR count). The maximum absolute atomic E-state index is 13.5. The lowest BCUT2D eigenvalue weighted by molar-refractivity contribution is -0.140. The van der Waals surface area contributed by atoms with Crippen molar-refractivity contribution < 1.29 is 24.2 Å². The van der Waals surface area contributed by atoms with Gasteiger partial charge in [0.15, 0.2) is 0 Å². The number of carbonyl (C=O) groups excluding carboxylic acids is 3. The van der Waals surface area contributed by atoms with E-state index in [9.17, 15) is 19.5 Å². The van der Waals surface area contributed by atoms with Gasteiger partial charge in [0, 0.05) is 25.3 Å². The van der Waals surface area contributed by atoms with Gasteiger partial charge >= 0.3 is 6.03 Å². The third-order valence-electron chi connectivity index (χ3n) is 7.27. The molecule has 11 heteroatoms. The van der Waals surface area contributed by atoms with Gasteiger partial charge in [-0.3, -0.25) is 14.5 Å². The summed E-state index contributed by atoms with van der Waals surface area (Å²) in [7, 11) is 0. The number of rotatable bonds is 6. The third-order valence-corrected chi connectivity index (χ3v) is 8.36. The Kier molecular flexibility index (Phi) is 7.06. The van der Waals surface area contributed by atoms with E-state index in [2.05, 4.69) is 15.6 Å². The summed E-state index contributed by atoms with van der Waals surface area (Å²) in [6.45, 7) is 4.22. The van der Waals surface area contributed by atoms with Gasteiger partial charge in [-0.15, -0.1) is 11.3 Å². The lowest BCUT2D eigenvalue weighted by Gasteiger charge is -2.34. The number of amides is 4. The van der Waals surface area contributed by atoms with Crippen LogP contribution in [0.15, 0.2) is 60.8 Å². The number of carbonyl (C=O) groups is 3. The van der Waals surface area contributed by atoms with Gasteiger partial charge in [0.25, 0.3) is 11.8 Å². The van der Waals surface area contributed by atoms with E-state index in [1.807, 2.05) is 55.5 Å². The molecule has 2 aromatic carbocycles. The number of aliphatic hydroxyl groups is 1. The van der Waals surface area contributed by atoms with Crippen LogP contribution in [0.2, 0.25) is 0 Å². The molecule has 1 unspecified atom stereocenters. The number of hydrogen-bond donors (Lipinski definition) is 3. The number of ether oxygens (including phenoxy) is 1. The molecule has 0 bridgehead atoms. The minimum Gasteiger partial charge on any atom is -0.457 e. The Bertz CT molecular complexity index is 1650. The molecule has 0 aliphatic carbocycles. The van der Waals surface area contributed by atoms with Gasteiger partial charge in [-0.1, -0.05) is 18.2 Å². The van der Waals surface area contributed by atoms with E-state index in [0.29, 0.717) is 63.8 Å². The molecule has 4 amide bonds. The van der Waals surface area contributed by atoms with Crippen LogP contribution < -0.4 is 20.3 Å². The fraction of sp³-hybridized carbons (Fsp3) is 0.267. The summed E-state index contributed by atoms with van der Waals surface area (Å²) >= 11 is 1.21. The molecule has 2 aliphatic heterocycles. The summed E-state index contributed by atoms with van der Waals surface area (Å²) in [6, 6.07) is 16.1. The molecule has 0 radical (unpaired) electrons. The van der Waals surface area contributed by atoms with Gasteiger partial charge in [-0.05, 0) is 68.7 Å². The molecule has 4 heterocycles. The second kappa shape index (κ2) is 10.8. The fourth-order valence-corrected chi connectivity index (χ4v) is 6.38. The number of anilines is 3. The number of aryl methyl sites for hydroxylation is 1. The smallest absolute Gasteiger partial charge is 0.331 e. The normalized spacial score (nSPS) is 17.2. The highest BCUT2D eigenvalue weighted by atomic mass is 32.1. The molecule has 210 valence electrons. The van der Waals surface area contributed by atoms with Crippen LogP contribution in [0.5, 0.6) is 11.5 Å². The summed E-state index contributed by atoms with van der Waals surface area (Å²) in [6.07, 6.45) is 1.97. The predicted octanol–water partition coefficient (Wildman–Crippen LogP) is 5.18. The highest BCUT2D eigenvalue weighted by molar-refractivity contribution is 7.21. The van der Waals surface area contributed by atoms with Crippen molar-refractivity contribution in [2.45, 2.75) is 38.8 Å². The summed E-state index contributed by atoms with van der Waals surface area (Å²) in [5, 5.41) is 16.3. The predicted molar refractivity (Wildman–Crippen MR) is 157 cm³/mol. The number of nitrogens with zero attached hydrogens (tertiary/aromatic N) is 3. The molecule has 2 aromatic heterocycles. The van der Waals surface area contributed by atoms with Gasteiger partial charge in [-0.2, -0.15) is 0 Å². The number of aromatic nitrogens is 1. The van der Waals surface area contributed by atoms with E-state index < -0.39 is 6.10 Å². The first-order valence-corrected chi connectivity index (χ1v) is 14.3. The van der Waals surface area contributed by atoms with Crippen LogP contribution in [-0.2, 0) is 4.79 Å². The van der Waals surface area contributed by atoms with Crippen LogP contribution in [0, 0.1) is 6.92 Å². The SMILES string of the molecule is Cc1cc(Oc2ccccc2)ccc1N1C(=O)Nc2c(C(=O)N[C@@H]3CCCN(C(=O)C(C)O)C3)sc3nccc1c23. The minimum atomic E-state index is -1.09. The fourth-order valence-electron chi connectivity index (χ4n) is 5.36. The molecule has 1 fully saturated rings. The molecule has 2 aliphatic rings. The van der Waals surface area contributed by atoms with Crippen LogP contribution in [0.25, 0.3) is 10.2 Å². The van der Waals surface area contributed by atoms with Crippen LogP contribution in [-0.4, -0.2) is 58.1 Å². The van der Waals surface area contributed by atoms with Crippen molar-refractivity contribution in [3.63, 3.8) is 0 Å². The van der Waals surface area contributed by atoms with Crippen molar-refractivity contribution in [1.82, 2.24) is 15.2 Å². The number of aliphatic hydroxyl groups excluding tert-OH is 1. The van der Waals surface area contributed by atoms with Crippen LogP contribution in [0.4, 0.5) is 21.9 Å². The van der Waals surface area contributed by atoms with E-state index in [-0.39, 0.29) is 23.9 Å². The largest absolute Gasteiger partial charge is 0.457 e. The van der Waals surface area contributed by atoms with E-state index in [1.165, 1.54) is 18.3 Å². The Morgan fingerprint density at radius 3 is 2.71 bits per heavy atom. The maximum Gasteiger partial charge on any atom is 0.331 e. The topological polar surface area (TPSA) is 124 Å². The monoisotopic (exact) mass is 571 g/mol. The zero-order chi connectivity index (χ0) is 28.7. The first-order valence-electron chi connectivity index (χ1n) is 13.4. The lowest BCUT2D eigenvalue weighted by Crippen LogP contribution is -2.51. The highest BCUT2D eigenvalue weighted by Gasteiger charge is 2.34. The first-order chi connectivity index (χ1) is 19.8. The zero-order valence-corrected chi connectivity index (χ0v) is 23.4. The molecular formula is C30H29N5O5S. The number of likely N-dealkylation sites (tertiary alicyclic amines) is 1. The van der Waals surface area contributed by atoms with Crippen molar-refractivity contribution in [3.05, 3.63) is 71.2 Å². The number of thiophene rings is 1. The van der Waals surface area contributed by atoms with Crippen molar-refractivity contribution >= 4 is 56.5 Å². The Morgan fingerprint density at radius 2 is 1.95 bits per heavy atom. The van der Waals surface area contributed by atoms with Crippen LogP contribution in [0.3, 0.4) is 0 Å². The molecular weight excluding hydrogens is 542 g/mol. The average Bonchev–Trinajstić information content (AvgIpc) is 3.33. The van der Waals surface area contributed by atoms with Crippen molar-refractivity contribution in [3.8, 4) is 11.5 Å². The Labute approximate surface area is 240 Å². The number of benzene rings is 2. The number of urea groups is 1. The van der Waals surface area contributed by atoms with Crippen molar-refractivity contribution in [1.29, 1.82) is 0 Å². The third kappa shape index (κ3) is 5.09. The summed E-state index contributed by atoms with van der Waals surface area (Å²) < 4.78 is 5.96. The quantitative estimate of drug-likeness (QED) is 0.293. The Hall–Kier alpha value is -4.48. The molecule has 41 heavy (non-hydrogen) atoms. The van der Waals surface area contributed by atoms with Gasteiger partial charge in [0.2, 0.25) is 0 Å². The molecule has 3 N–H and O–H groups in total. The molecule has 0 spiro atoms. The molecule has 4 aromatic rings. The number of hydrogen-bond acceptors (Lipinski definition) is 7. The maximum atomic E-state index is 13.5. The van der Waals surface area contributed by atoms with Crippen molar-refractivity contribution in [2.75, 3.05) is 23.3 Å². The van der Waals surface area contributed by atoms with E-state index in [4.69, 9.17) is 4.74 Å². The Balaban J connectivity index is 1.28. The summed E-state index contributed by atoms with van der Waals surface area (Å²) in [4.78, 5) is 47.9. The average molecular weight is 572 g/mol. The van der Waals surface area contributed by atoms with Gasteiger partial charge in [0.1, 0.15) is 27.3 Å². The number of nitrogens with one attached hydrogen (secondary N) is 2. The zero-order valence-electron chi connectivity index (χ0n) is 22.6.